The van der Waals surface area contributed by atoms with E-state index in [9.17, 15) is 18.8 Å². The summed E-state index contributed by atoms with van der Waals surface area (Å²) in [6, 6.07) is 1.21. The molecule has 1 aromatic carbocycles. The largest absolute Gasteiger partial charge is 0.469 e. The van der Waals surface area contributed by atoms with E-state index in [0.29, 0.717) is 17.1 Å². The van der Waals surface area contributed by atoms with Gasteiger partial charge in [0.05, 0.1) is 32.7 Å². The number of urea groups is 1. The molecule has 160 valence electrons. The number of nitrogens with zero attached hydrogens (tertiary/aromatic N) is 2. The van der Waals surface area contributed by atoms with Crippen molar-refractivity contribution in [2.24, 2.45) is 0 Å². The molecule has 0 saturated heterocycles. The number of H-pyrrole nitrogens is 1. The normalized spacial score (nSPS) is 16.4. The topological polar surface area (TPSA) is 114 Å². The maximum atomic E-state index is 14.7. The lowest BCUT2D eigenvalue weighted by Crippen LogP contribution is -2.52. The van der Waals surface area contributed by atoms with Crippen LogP contribution in [0.4, 0.5) is 9.18 Å². The highest BCUT2D eigenvalue weighted by atomic mass is 35.5. The van der Waals surface area contributed by atoms with E-state index in [-0.39, 0.29) is 12.1 Å². The first-order valence-corrected chi connectivity index (χ1v) is 9.42. The van der Waals surface area contributed by atoms with Crippen LogP contribution in [0.3, 0.4) is 0 Å². The molecule has 2 aromatic rings. The van der Waals surface area contributed by atoms with E-state index in [2.05, 4.69) is 24.8 Å². The lowest BCUT2D eigenvalue weighted by molar-refractivity contribution is -0.149. The number of aromatic nitrogens is 2. The summed E-state index contributed by atoms with van der Waals surface area (Å²) in [5, 5.41) is 2.78. The number of fused-ring (bicyclic) bond motifs is 1. The Balaban J connectivity index is 1.94. The van der Waals surface area contributed by atoms with Crippen LogP contribution in [0.25, 0.3) is 0 Å². The summed E-state index contributed by atoms with van der Waals surface area (Å²) in [5.74, 6) is -2.06. The van der Waals surface area contributed by atoms with Crippen molar-refractivity contribution in [2.45, 2.75) is 24.9 Å². The van der Waals surface area contributed by atoms with Gasteiger partial charge in [-0.2, -0.15) is 0 Å². The Morgan fingerprint density at radius 1 is 1.37 bits per heavy atom. The number of halogens is 2. The molecule has 0 saturated carbocycles. The van der Waals surface area contributed by atoms with Crippen LogP contribution in [0, 0.1) is 5.82 Å². The number of carbonyl (C=O) groups excluding carboxylic acids is 3. The van der Waals surface area contributed by atoms with Crippen molar-refractivity contribution in [1.82, 2.24) is 20.2 Å². The van der Waals surface area contributed by atoms with E-state index in [1.807, 2.05) is 0 Å². The molecule has 1 aliphatic heterocycles. The number of imidazole rings is 1. The lowest BCUT2D eigenvalue weighted by Gasteiger charge is -2.36. The number of aromatic amines is 1. The monoisotopic (exact) mass is 438 g/mol. The maximum absolute atomic E-state index is 14.7. The molecule has 2 amide bonds. The number of ether oxygens (including phenoxy) is 2. The third-order valence-electron chi connectivity index (χ3n) is 4.82. The van der Waals surface area contributed by atoms with Crippen LogP contribution >= 0.6 is 11.6 Å². The van der Waals surface area contributed by atoms with Gasteiger partial charge in [0.15, 0.2) is 0 Å². The van der Waals surface area contributed by atoms with Crippen LogP contribution in [0.15, 0.2) is 24.5 Å². The van der Waals surface area contributed by atoms with Crippen LogP contribution in [-0.4, -0.2) is 59.6 Å². The number of methoxy groups -OCH3 is 2. The molecule has 2 N–H and O–H groups in total. The second-order valence-electron chi connectivity index (χ2n) is 6.58. The smallest absolute Gasteiger partial charge is 0.329 e. The van der Waals surface area contributed by atoms with E-state index in [1.54, 1.807) is 0 Å². The first-order valence-electron chi connectivity index (χ1n) is 9.04. The van der Waals surface area contributed by atoms with E-state index < -0.39 is 42.3 Å². The van der Waals surface area contributed by atoms with Gasteiger partial charge in [-0.05, 0) is 18.2 Å². The van der Waals surface area contributed by atoms with E-state index in [1.165, 1.54) is 36.5 Å². The van der Waals surface area contributed by atoms with Crippen LogP contribution in [-0.2, 0) is 25.5 Å². The Kier molecular flexibility index (Phi) is 6.56. The zero-order chi connectivity index (χ0) is 21.8. The zero-order valence-electron chi connectivity index (χ0n) is 16.3. The highest BCUT2D eigenvalue weighted by molar-refractivity contribution is 6.30. The number of nitrogens with one attached hydrogen (secondary N) is 2. The molecule has 0 unspecified atom stereocenters. The molecule has 2 heterocycles. The highest BCUT2D eigenvalue weighted by Crippen LogP contribution is 2.35. The summed E-state index contributed by atoms with van der Waals surface area (Å²) in [7, 11) is 2.31. The van der Waals surface area contributed by atoms with Gasteiger partial charge in [-0.1, -0.05) is 11.6 Å². The molecule has 2 atom stereocenters. The number of hydrogen-bond donors (Lipinski definition) is 2. The van der Waals surface area contributed by atoms with Gasteiger partial charge in [0, 0.05) is 29.2 Å². The van der Waals surface area contributed by atoms with E-state index in [4.69, 9.17) is 11.6 Å². The predicted octanol–water partition coefficient (Wildman–Crippen LogP) is 1.96. The Hall–Kier alpha value is -3.14. The molecular formula is C19H20ClFN4O5. The fraction of sp³-hybridized carbons (Fsp3) is 0.368. The molecule has 0 radical (unpaired) electrons. The minimum Gasteiger partial charge on any atom is -0.469 e. The van der Waals surface area contributed by atoms with Crippen molar-refractivity contribution in [3.05, 3.63) is 52.3 Å². The summed E-state index contributed by atoms with van der Waals surface area (Å²) in [4.78, 5) is 45.3. The Morgan fingerprint density at radius 3 is 2.83 bits per heavy atom. The lowest BCUT2D eigenvalue weighted by atomic mass is 9.95. The van der Waals surface area contributed by atoms with Crippen molar-refractivity contribution < 1.29 is 28.2 Å². The van der Waals surface area contributed by atoms with Crippen molar-refractivity contribution in [3.63, 3.8) is 0 Å². The van der Waals surface area contributed by atoms with E-state index in [0.717, 1.165) is 12.8 Å². The van der Waals surface area contributed by atoms with Crippen LogP contribution in [0.5, 0.6) is 0 Å². The summed E-state index contributed by atoms with van der Waals surface area (Å²) in [5.41, 5.74) is 1.40. The summed E-state index contributed by atoms with van der Waals surface area (Å²) < 4.78 is 23.9. The molecule has 3 rings (SSSR count). The number of hydrogen-bond acceptors (Lipinski definition) is 6. The molecule has 1 aliphatic rings. The van der Waals surface area contributed by atoms with Gasteiger partial charge >= 0.3 is 18.0 Å². The van der Waals surface area contributed by atoms with Crippen molar-refractivity contribution >= 4 is 29.6 Å². The molecule has 1 aromatic heterocycles. The predicted molar refractivity (Wildman–Crippen MR) is 103 cm³/mol. The van der Waals surface area contributed by atoms with Crippen molar-refractivity contribution in [3.8, 4) is 0 Å². The minimum atomic E-state index is -1.26. The van der Waals surface area contributed by atoms with Crippen LogP contribution in [0.2, 0.25) is 5.02 Å². The van der Waals surface area contributed by atoms with Gasteiger partial charge in [-0.15, -0.1) is 0 Å². The Bertz CT molecular complexity index is 966. The molecule has 0 fully saturated rings. The fourth-order valence-corrected chi connectivity index (χ4v) is 3.53. The summed E-state index contributed by atoms with van der Waals surface area (Å²) >= 11 is 6.06. The Labute approximate surface area is 176 Å². The molecule has 0 aliphatic carbocycles. The molecule has 9 nitrogen and oxygen atoms in total. The van der Waals surface area contributed by atoms with Gasteiger partial charge in [0.25, 0.3) is 0 Å². The van der Waals surface area contributed by atoms with Crippen LogP contribution in [0.1, 0.15) is 29.4 Å². The summed E-state index contributed by atoms with van der Waals surface area (Å²) in [6.07, 6.45) is 1.50. The van der Waals surface area contributed by atoms with Gasteiger partial charge in [-0.3, -0.25) is 4.79 Å². The van der Waals surface area contributed by atoms with Gasteiger partial charge < -0.3 is 24.7 Å². The van der Waals surface area contributed by atoms with Crippen molar-refractivity contribution in [1.29, 1.82) is 0 Å². The number of amides is 2. The zero-order valence-corrected chi connectivity index (χ0v) is 17.0. The SMILES string of the molecule is COC(=O)C[C@@H](NC(=O)N1CCc2[nH]cnc2[C@H]1c1cc(Cl)ccc1F)C(=O)OC. The standard InChI is InChI=1S/C19H20ClFN4O5/c1-29-15(26)8-14(18(27)30-2)24-19(28)25-6-5-13-16(23-9-22-13)17(25)11-7-10(20)3-4-12(11)21/h3-4,7,9,14,17H,5-6,8H2,1-2H3,(H,22,23)(H,24,28)/t14-,17-/m1/s1. The van der Waals surface area contributed by atoms with Gasteiger partial charge in [-0.25, -0.2) is 19.0 Å². The quantitative estimate of drug-likeness (QED) is 0.690. The van der Waals surface area contributed by atoms with E-state index >= 15 is 0 Å². The molecule has 0 spiro atoms. The average Bonchev–Trinajstić information content (AvgIpc) is 3.22. The first-order chi connectivity index (χ1) is 14.3. The third kappa shape index (κ3) is 4.38. The number of benzene rings is 1. The summed E-state index contributed by atoms with van der Waals surface area (Å²) in [6.45, 7) is 0.212. The number of esters is 2. The van der Waals surface area contributed by atoms with Crippen molar-refractivity contribution in [2.75, 3.05) is 20.8 Å². The molecule has 11 heteroatoms. The number of carbonyl (C=O) groups is 3. The number of rotatable bonds is 5. The fourth-order valence-electron chi connectivity index (χ4n) is 3.35. The third-order valence-corrected chi connectivity index (χ3v) is 5.06. The first kappa shape index (κ1) is 21.6. The second-order valence-corrected chi connectivity index (χ2v) is 7.02. The van der Waals surface area contributed by atoms with Gasteiger partial charge in [0.2, 0.25) is 0 Å². The van der Waals surface area contributed by atoms with Crippen LogP contribution < -0.4 is 5.32 Å². The minimum absolute atomic E-state index is 0.160. The molecule has 0 bridgehead atoms. The highest BCUT2D eigenvalue weighted by Gasteiger charge is 2.37. The maximum Gasteiger partial charge on any atom is 0.329 e. The average molecular weight is 439 g/mol. The molecule has 30 heavy (non-hydrogen) atoms. The molecular weight excluding hydrogens is 419 g/mol. The van der Waals surface area contributed by atoms with Gasteiger partial charge in [0.1, 0.15) is 17.9 Å². The second kappa shape index (κ2) is 9.12. The Morgan fingerprint density at radius 2 is 2.13 bits per heavy atom.